The van der Waals surface area contributed by atoms with E-state index in [1.165, 1.54) is 44.9 Å². The molecular formula is C13H25N. The van der Waals surface area contributed by atoms with Gasteiger partial charge < -0.3 is 5.73 Å². The van der Waals surface area contributed by atoms with Crippen molar-refractivity contribution in [2.45, 2.75) is 51.9 Å². The maximum Gasteiger partial charge on any atom is -0.00458 e. The largest absolute Gasteiger partial charge is 0.330 e. The molecule has 1 nitrogen and oxygen atoms in total. The SMILES string of the molecule is CC=CCC(CN)CC1CCCCC1. The van der Waals surface area contributed by atoms with Crippen molar-refractivity contribution in [2.24, 2.45) is 17.6 Å². The fourth-order valence-electron chi connectivity index (χ4n) is 2.51. The van der Waals surface area contributed by atoms with E-state index >= 15 is 0 Å². The van der Waals surface area contributed by atoms with Crippen LogP contribution in [0.4, 0.5) is 0 Å². The van der Waals surface area contributed by atoms with E-state index in [1.807, 2.05) is 0 Å². The summed E-state index contributed by atoms with van der Waals surface area (Å²) < 4.78 is 0. The van der Waals surface area contributed by atoms with E-state index < -0.39 is 0 Å². The third kappa shape index (κ3) is 4.28. The summed E-state index contributed by atoms with van der Waals surface area (Å²) in [5.74, 6) is 1.71. The Kier molecular flexibility index (Phi) is 5.93. The van der Waals surface area contributed by atoms with Gasteiger partial charge in [0.15, 0.2) is 0 Å². The quantitative estimate of drug-likeness (QED) is 0.668. The molecule has 0 amide bonds. The van der Waals surface area contributed by atoms with Crippen LogP contribution in [0.2, 0.25) is 0 Å². The van der Waals surface area contributed by atoms with Crippen LogP contribution in [0.25, 0.3) is 0 Å². The van der Waals surface area contributed by atoms with Crippen LogP contribution in [0.5, 0.6) is 0 Å². The van der Waals surface area contributed by atoms with Gasteiger partial charge in [-0.05, 0) is 38.1 Å². The lowest BCUT2D eigenvalue weighted by atomic mass is 9.82. The summed E-state index contributed by atoms with van der Waals surface area (Å²) in [6.07, 6.45) is 14.2. The molecule has 1 atom stereocenters. The van der Waals surface area contributed by atoms with Crippen molar-refractivity contribution < 1.29 is 0 Å². The first kappa shape index (κ1) is 11.8. The lowest BCUT2D eigenvalue weighted by Crippen LogP contribution is -2.19. The molecule has 0 aromatic carbocycles. The maximum absolute atomic E-state index is 5.80. The Labute approximate surface area is 88.8 Å². The normalized spacial score (nSPS) is 21.6. The molecule has 1 heteroatoms. The number of rotatable bonds is 5. The minimum absolute atomic E-state index is 0.731. The van der Waals surface area contributed by atoms with E-state index in [4.69, 9.17) is 5.73 Å². The first-order chi connectivity index (χ1) is 6.86. The molecule has 1 unspecified atom stereocenters. The van der Waals surface area contributed by atoms with Crippen LogP contribution in [0.1, 0.15) is 51.9 Å². The Morgan fingerprint density at radius 3 is 2.57 bits per heavy atom. The third-order valence-corrected chi connectivity index (χ3v) is 3.43. The first-order valence-electron chi connectivity index (χ1n) is 6.18. The van der Waals surface area contributed by atoms with E-state index in [2.05, 4.69) is 19.1 Å². The van der Waals surface area contributed by atoms with Crippen molar-refractivity contribution in [1.82, 2.24) is 0 Å². The zero-order valence-electron chi connectivity index (χ0n) is 9.54. The van der Waals surface area contributed by atoms with Gasteiger partial charge in [-0.15, -0.1) is 0 Å². The van der Waals surface area contributed by atoms with Crippen LogP contribution in [-0.4, -0.2) is 6.54 Å². The maximum atomic E-state index is 5.80. The molecule has 1 rings (SSSR count). The summed E-state index contributed by atoms with van der Waals surface area (Å²) in [4.78, 5) is 0. The number of nitrogens with two attached hydrogens (primary N) is 1. The number of hydrogen-bond donors (Lipinski definition) is 1. The smallest absolute Gasteiger partial charge is 0.00458 e. The Morgan fingerprint density at radius 2 is 2.00 bits per heavy atom. The number of hydrogen-bond acceptors (Lipinski definition) is 1. The van der Waals surface area contributed by atoms with Gasteiger partial charge in [0, 0.05) is 0 Å². The van der Waals surface area contributed by atoms with Gasteiger partial charge in [0.1, 0.15) is 0 Å². The fourth-order valence-corrected chi connectivity index (χ4v) is 2.51. The molecule has 0 spiro atoms. The molecule has 0 heterocycles. The summed E-state index contributed by atoms with van der Waals surface area (Å²) in [5.41, 5.74) is 5.80. The van der Waals surface area contributed by atoms with Crippen LogP contribution in [0, 0.1) is 11.8 Å². The van der Waals surface area contributed by atoms with Crippen molar-refractivity contribution in [3.8, 4) is 0 Å². The van der Waals surface area contributed by atoms with Crippen LogP contribution in [0.3, 0.4) is 0 Å². The van der Waals surface area contributed by atoms with E-state index in [9.17, 15) is 0 Å². The summed E-state index contributed by atoms with van der Waals surface area (Å²) in [7, 11) is 0. The highest BCUT2D eigenvalue weighted by atomic mass is 14.5. The molecule has 0 aromatic heterocycles. The van der Waals surface area contributed by atoms with E-state index in [1.54, 1.807) is 0 Å². The lowest BCUT2D eigenvalue weighted by molar-refractivity contribution is 0.290. The third-order valence-electron chi connectivity index (χ3n) is 3.43. The van der Waals surface area contributed by atoms with Gasteiger partial charge >= 0.3 is 0 Å². The molecule has 0 bridgehead atoms. The monoisotopic (exact) mass is 195 g/mol. The van der Waals surface area contributed by atoms with Gasteiger partial charge in [0.2, 0.25) is 0 Å². The summed E-state index contributed by atoms with van der Waals surface area (Å²) in [5, 5.41) is 0. The van der Waals surface area contributed by atoms with Gasteiger partial charge in [0.05, 0.1) is 0 Å². The highest BCUT2D eigenvalue weighted by molar-refractivity contribution is 4.82. The first-order valence-corrected chi connectivity index (χ1v) is 6.18. The summed E-state index contributed by atoms with van der Waals surface area (Å²) in [6, 6.07) is 0. The Balaban J connectivity index is 2.23. The predicted octanol–water partition coefficient (Wildman–Crippen LogP) is 3.50. The minimum atomic E-state index is 0.731. The Morgan fingerprint density at radius 1 is 1.29 bits per heavy atom. The molecule has 1 aliphatic rings. The van der Waals surface area contributed by atoms with Crippen molar-refractivity contribution in [3.05, 3.63) is 12.2 Å². The second-order valence-electron chi connectivity index (χ2n) is 4.65. The Bertz CT molecular complexity index is 157. The van der Waals surface area contributed by atoms with Crippen molar-refractivity contribution in [2.75, 3.05) is 6.54 Å². The topological polar surface area (TPSA) is 26.0 Å². The van der Waals surface area contributed by atoms with Gasteiger partial charge in [-0.2, -0.15) is 0 Å². The molecule has 14 heavy (non-hydrogen) atoms. The second-order valence-corrected chi connectivity index (χ2v) is 4.65. The number of allylic oxidation sites excluding steroid dienone is 2. The highest BCUT2D eigenvalue weighted by Crippen LogP contribution is 2.29. The average molecular weight is 195 g/mol. The summed E-state index contributed by atoms with van der Waals surface area (Å²) in [6.45, 7) is 2.95. The lowest BCUT2D eigenvalue weighted by Gasteiger charge is -2.25. The molecule has 1 fully saturated rings. The fraction of sp³-hybridized carbons (Fsp3) is 0.846. The van der Waals surface area contributed by atoms with Crippen molar-refractivity contribution in [3.63, 3.8) is 0 Å². The molecule has 82 valence electrons. The Hall–Kier alpha value is -0.300. The molecule has 0 aliphatic heterocycles. The van der Waals surface area contributed by atoms with E-state index in [0.717, 1.165) is 18.4 Å². The van der Waals surface area contributed by atoms with Gasteiger partial charge in [-0.3, -0.25) is 0 Å². The standard InChI is InChI=1S/C13H25N/c1-2-3-7-13(11-14)10-12-8-5-4-6-9-12/h2-3,12-13H,4-11,14H2,1H3. The molecule has 0 saturated heterocycles. The molecule has 2 N–H and O–H groups in total. The van der Waals surface area contributed by atoms with Crippen LogP contribution >= 0.6 is 0 Å². The summed E-state index contributed by atoms with van der Waals surface area (Å²) >= 11 is 0. The molecule has 0 aromatic rings. The van der Waals surface area contributed by atoms with Crippen LogP contribution < -0.4 is 5.73 Å². The average Bonchev–Trinajstić information content (AvgIpc) is 2.25. The van der Waals surface area contributed by atoms with Gasteiger partial charge in [0.25, 0.3) is 0 Å². The molecular weight excluding hydrogens is 170 g/mol. The zero-order valence-corrected chi connectivity index (χ0v) is 9.54. The molecule has 0 radical (unpaired) electrons. The van der Waals surface area contributed by atoms with E-state index in [-0.39, 0.29) is 0 Å². The van der Waals surface area contributed by atoms with Gasteiger partial charge in [-0.1, -0.05) is 44.3 Å². The minimum Gasteiger partial charge on any atom is -0.330 e. The highest BCUT2D eigenvalue weighted by Gasteiger charge is 2.17. The van der Waals surface area contributed by atoms with E-state index in [0.29, 0.717) is 0 Å². The van der Waals surface area contributed by atoms with Crippen molar-refractivity contribution >= 4 is 0 Å². The van der Waals surface area contributed by atoms with Gasteiger partial charge in [-0.25, -0.2) is 0 Å². The predicted molar refractivity (Wildman–Crippen MR) is 63.2 cm³/mol. The zero-order chi connectivity index (χ0) is 10.2. The molecule has 1 aliphatic carbocycles. The van der Waals surface area contributed by atoms with Crippen LogP contribution in [-0.2, 0) is 0 Å². The molecule has 1 saturated carbocycles. The van der Waals surface area contributed by atoms with Crippen molar-refractivity contribution in [1.29, 1.82) is 0 Å². The second kappa shape index (κ2) is 7.05. The van der Waals surface area contributed by atoms with Crippen LogP contribution in [0.15, 0.2) is 12.2 Å².